The summed E-state index contributed by atoms with van der Waals surface area (Å²) >= 11 is 0. The van der Waals surface area contributed by atoms with Crippen molar-refractivity contribution in [1.29, 1.82) is 0 Å². The molecule has 2 heteroatoms. The van der Waals surface area contributed by atoms with Gasteiger partial charge in [-0.2, -0.15) is 0 Å². The zero-order valence-electron chi connectivity index (χ0n) is 11.6. The summed E-state index contributed by atoms with van der Waals surface area (Å²) < 4.78 is 0. The van der Waals surface area contributed by atoms with Gasteiger partial charge in [0.15, 0.2) is 0 Å². The number of hydrogen-bond acceptors (Lipinski definition) is 2. The van der Waals surface area contributed by atoms with Crippen molar-refractivity contribution in [2.75, 3.05) is 20.1 Å². The lowest BCUT2D eigenvalue weighted by molar-refractivity contribution is -0.0766. The molecule has 1 aromatic carbocycles. The van der Waals surface area contributed by atoms with Crippen LogP contribution in [0.1, 0.15) is 38.2 Å². The van der Waals surface area contributed by atoms with Gasteiger partial charge in [-0.15, -0.1) is 0 Å². The van der Waals surface area contributed by atoms with Crippen LogP contribution in [-0.2, 0) is 5.60 Å². The Bertz CT molecular complexity index is 365. The lowest BCUT2D eigenvalue weighted by Crippen LogP contribution is -2.48. The molecule has 2 nitrogen and oxygen atoms in total. The minimum atomic E-state index is -0.622. The van der Waals surface area contributed by atoms with Gasteiger partial charge in [0.05, 0.1) is 5.60 Å². The van der Waals surface area contributed by atoms with E-state index in [1.807, 2.05) is 18.2 Å². The zero-order valence-corrected chi connectivity index (χ0v) is 11.6. The normalized spacial score (nSPS) is 29.4. The van der Waals surface area contributed by atoms with E-state index < -0.39 is 5.60 Å². The van der Waals surface area contributed by atoms with E-state index in [1.165, 1.54) is 12.8 Å². The van der Waals surface area contributed by atoms with E-state index in [9.17, 15) is 5.11 Å². The highest BCUT2D eigenvalue weighted by Gasteiger charge is 2.41. The SMILES string of the molecule is CCCCC1CN(C)CCC1(O)c1ccccc1. The van der Waals surface area contributed by atoms with Crippen LogP contribution in [-0.4, -0.2) is 30.1 Å². The number of aliphatic hydroxyl groups is 1. The molecule has 0 spiro atoms. The molecule has 0 amide bonds. The Morgan fingerprint density at radius 1 is 1.33 bits per heavy atom. The highest BCUT2D eigenvalue weighted by Crippen LogP contribution is 2.39. The van der Waals surface area contributed by atoms with Crippen LogP contribution in [0.4, 0.5) is 0 Å². The van der Waals surface area contributed by atoms with Gasteiger partial charge in [-0.25, -0.2) is 0 Å². The molecule has 0 aliphatic carbocycles. The van der Waals surface area contributed by atoms with Gasteiger partial charge in [-0.1, -0.05) is 50.1 Å². The largest absolute Gasteiger partial charge is 0.385 e. The molecular weight excluding hydrogens is 222 g/mol. The van der Waals surface area contributed by atoms with E-state index in [1.54, 1.807) is 0 Å². The predicted octanol–water partition coefficient (Wildman–Crippen LogP) is 3.02. The fourth-order valence-electron chi connectivity index (χ4n) is 3.07. The fourth-order valence-corrected chi connectivity index (χ4v) is 3.07. The van der Waals surface area contributed by atoms with Crippen molar-refractivity contribution in [1.82, 2.24) is 4.90 Å². The maximum Gasteiger partial charge on any atom is 0.0948 e. The Kier molecular flexibility index (Phi) is 4.41. The summed E-state index contributed by atoms with van der Waals surface area (Å²) in [6, 6.07) is 10.2. The minimum Gasteiger partial charge on any atom is -0.385 e. The summed E-state index contributed by atoms with van der Waals surface area (Å²) in [5.41, 5.74) is 0.474. The van der Waals surface area contributed by atoms with Crippen LogP contribution in [0.25, 0.3) is 0 Å². The molecule has 2 unspecified atom stereocenters. The van der Waals surface area contributed by atoms with Crippen LogP contribution in [0, 0.1) is 5.92 Å². The molecule has 1 aromatic rings. The molecular formula is C16H25NO. The molecule has 2 atom stereocenters. The highest BCUT2D eigenvalue weighted by molar-refractivity contribution is 5.24. The topological polar surface area (TPSA) is 23.5 Å². The van der Waals surface area contributed by atoms with E-state index >= 15 is 0 Å². The third kappa shape index (κ3) is 2.76. The molecule has 0 radical (unpaired) electrons. The van der Waals surface area contributed by atoms with Crippen LogP contribution in [0.5, 0.6) is 0 Å². The van der Waals surface area contributed by atoms with Crippen molar-refractivity contribution in [2.45, 2.75) is 38.2 Å². The Balaban J connectivity index is 2.21. The Morgan fingerprint density at radius 3 is 2.72 bits per heavy atom. The summed E-state index contributed by atoms with van der Waals surface area (Å²) in [4.78, 5) is 2.34. The first-order valence-electron chi connectivity index (χ1n) is 7.13. The second kappa shape index (κ2) is 5.85. The van der Waals surface area contributed by atoms with Crippen LogP contribution >= 0.6 is 0 Å². The Labute approximate surface area is 111 Å². The summed E-state index contributed by atoms with van der Waals surface area (Å²) in [5.74, 6) is 0.360. The van der Waals surface area contributed by atoms with Gasteiger partial charge in [-0.3, -0.25) is 0 Å². The number of benzene rings is 1. The summed E-state index contributed by atoms with van der Waals surface area (Å²) in [6.07, 6.45) is 4.37. The summed E-state index contributed by atoms with van der Waals surface area (Å²) in [7, 11) is 2.16. The smallest absolute Gasteiger partial charge is 0.0948 e. The molecule has 1 aliphatic rings. The van der Waals surface area contributed by atoms with Crippen molar-refractivity contribution in [3.8, 4) is 0 Å². The van der Waals surface area contributed by atoms with Crippen molar-refractivity contribution in [3.05, 3.63) is 35.9 Å². The molecule has 1 N–H and O–H groups in total. The van der Waals surface area contributed by atoms with E-state index in [4.69, 9.17) is 0 Å². The molecule has 100 valence electrons. The van der Waals surface area contributed by atoms with Gasteiger partial charge >= 0.3 is 0 Å². The predicted molar refractivity (Wildman–Crippen MR) is 75.5 cm³/mol. The van der Waals surface area contributed by atoms with Gasteiger partial charge in [-0.05, 0) is 25.5 Å². The van der Waals surface area contributed by atoms with Crippen LogP contribution < -0.4 is 0 Å². The van der Waals surface area contributed by atoms with Gasteiger partial charge in [0.1, 0.15) is 0 Å². The third-order valence-electron chi connectivity index (χ3n) is 4.26. The van der Waals surface area contributed by atoms with E-state index in [0.717, 1.165) is 31.5 Å². The van der Waals surface area contributed by atoms with E-state index in [0.29, 0.717) is 5.92 Å². The second-order valence-corrected chi connectivity index (χ2v) is 5.64. The standard InChI is InChI=1S/C16H25NO/c1-3-4-8-15-13-17(2)12-11-16(15,18)14-9-6-5-7-10-14/h5-7,9-10,15,18H,3-4,8,11-13H2,1-2H3. The molecule has 2 rings (SSSR count). The number of likely N-dealkylation sites (tertiary alicyclic amines) is 1. The first kappa shape index (κ1) is 13.6. The minimum absolute atomic E-state index is 0.360. The maximum absolute atomic E-state index is 11.1. The molecule has 0 bridgehead atoms. The van der Waals surface area contributed by atoms with Crippen LogP contribution in [0.3, 0.4) is 0 Å². The third-order valence-corrected chi connectivity index (χ3v) is 4.26. The van der Waals surface area contributed by atoms with E-state index in [-0.39, 0.29) is 0 Å². The molecule has 1 heterocycles. The monoisotopic (exact) mass is 247 g/mol. The summed E-state index contributed by atoms with van der Waals surface area (Å²) in [6.45, 7) is 4.20. The number of nitrogens with zero attached hydrogens (tertiary/aromatic N) is 1. The van der Waals surface area contributed by atoms with E-state index in [2.05, 4.69) is 31.0 Å². The highest BCUT2D eigenvalue weighted by atomic mass is 16.3. The van der Waals surface area contributed by atoms with Gasteiger partial charge in [0.2, 0.25) is 0 Å². The van der Waals surface area contributed by atoms with Crippen LogP contribution in [0.2, 0.25) is 0 Å². The number of rotatable bonds is 4. The second-order valence-electron chi connectivity index (χ2n) is 5.64. The van der Waals surface area contributed by atoms with Crippen molar-refractivity contribution in [3.63, 3.8) is 0 Å². The molecule has 1 saturated heterocycles. The quantitative estimate of drug-likeness (QED) is 0.884. The Morgan fingerprint density at radius 2 is 2.06 bits per heavy atom. The lowest BCUT2D eigenvalue weighted by Gasteiger charge is -2.44. The number of piperidine rings is 1. The van der Waals surface area contributed by atoms with Crippen molar-refractivity contribution >= 4 is 0 Å². The fraction of sp³-hybridized carbons (Fsp3) is 0.625. The lowest BCUT2D eigenvalue weighted by atomic mass is 9.74. The molecule has 0 aromatic heterocycles. The maximum atomic E-state index is 11.1. The van der Waals surface area contributed by atoms with Gasteiger partial charge in [0.25, 0.3) is 0 Å². The van der Waals surface area contributed by atoms with Crippen molar-refractivity contribution < 1.29 is 5.11 Å². The molecule has 0 saturated carbocycles. The first-order valence-corrected chi connectivity index (χ1v) is 7.13. The average molecular weight is 247 g/mol. The summed E-state index contributed by atoms with van der Waals surface area (Å²) in [5, 5.41) is 11.1. The molecule has 1 aliphatic heterocycles. The number of unbranched alkanes of at least 4 members (excludes halogenated alkanes) is 1. The molecule has 1 fully saturated rings. The van der Waals surface area contributed by atoms with Gasteiger partial charge in [0, 0.05) is 19.0 Å². The number of hydrogen-bond donors (Lipinski definition) is 1. The van der Waals surface area contributed by atoms with Gasteiger partial charge < -0.3 is 10.0 Å². The van der Waals surface area contributed by atoms with Crippen LogP contribution in [0.15, 0.2) is 30.3 Å². The molecule has 18 heavy (non-hydrogen) atoms. The zero-order chi connectivity index (χ0) is 13.0. The Hall–Kier alpha value is -0.860. The van der Waals surface area contributed by atoms with Crippen molar-refractivity contribution in [2.24, 2.45) is 5.92 Å². The average Bonchev–Trinajstić information content (AvgIpc) is 2.41. The first-order chi connectivity index (χ1) is 8.66.